The molecule has 1 rings (SSSR count). The highest BCUT2D eigenvalue weighted by Gasteiger charge is 2.24. The zero-order valence-corrected chi connectivity index (χ0v) is 12.4. The second-order valence-corrected chi connectivity index (χ2v) is 7.98. The van der Waals surface area contributed by atoms with Gasteiger partial charge in [-0.3, -0.25) is 0 Å². The fourth-order valence-electron chi connectivity index (χ4n) is 2.16. The van der Waals surface area contributed by atoms with E-state index < -0.39 is 0 Å². The normalized spacial score (nSPS) is 13.1. The van der Waals surface area contributed by atoms with Crippen LogP contribution >= 0.6 is 22.9 Å². The number of thiophene rings is 1. The van der Waals surface area contributed by atoms with Crippen molar-refractivity contribution in [2.45, 2.75) is 53.1 Å². The predicted molar refractivity (Wildman–Crippen MR) is 74.3 cm³/mol. The van der Waals surface area contributed by atoms with E-state index in [1.165, 1.54) is 4.88 Å². The number of hydrogen-bond donors (Lipinski definition) is 1. The first-order valence-electron chi connectivity index (χ1n) is 5.67. The van der Waals surface area contributed by atoms with Crippen LogP contribution in [0.25, 0.3) is 0 Å². The third-order valence-electron chi connectivity index (χ3n) is 2.34. The van der Waals surface area contributed by atoms with Crippen LogP contribution in [0.1, 0.15) is 45.9 Å². The lowest BCUT2D eigenvalue weighted by Gasteiger charge is -2.33. The Morgan fingerprint density at radius 1 is 1.19 bits per heavy atom. The summed E-state index contributed by atoms with van der Waals surface area (Å²) in [6.07, 6.45) is 1.15. The van der Waals surface area contributed by atoms with E-state index in [9.17, 15) is 0 Å². The molecular formula is C13H22ClNS. The van der Waals surface area contributed by atoms with Gasteiger partial charge in [0.15, 0.2) is 0 Å². The van der Waals surface area contributed by atoms with Gasteiger partial charge in [-0.15, -0.1) is 11.3 Å². The largest absolute Gasteiger partial charge is 0.307 e. The second-order valence-electron chi connectivity index (χ2n) is 6.18. The van der Waals surface area contributed by atoms with Gasteiger partial charge in [-0.25, -0.2) is 0 Å². The lowest BCUT2D eigenvalue weighted by atomic mass is 9.82. The first-order chi connectivity index (χ1) is 7.18. The number of rotatable bonds is 4. The summed E-state index contributed by atoms with van der Waals surface area (Å²) in [6, 6.07) is 4.05. The van der Waals surface area contributed by atoms with Crippen LogP contribution in [0.4, 0.5) is 0 Å². The summed E-state index contributed by atoms with van der Waals surface area (Å²) in [5.74, 6) is 0. The minimum atomic E-state index is 0.161. The summed E-state index contributed by atoms with van der Waals surface area (Å²) in [4.78, 5) is 1.30. The minimum absolute atomic E-state index is 0.161. The molecule has 0 aliphatic heterocycles. The van der Waals surface area contributed by atoms with Crippen molar-refractivity contribution in [3.63, 3.8) is 0 Å². The molecule has 0 aliphatic carbocycles. The van der Waals surface area contributed by atoms with Crippen molar-refractivity contribution < 1.29 is 0 Å². The number of hydrogen-bond acceptors (Lipinski definition) is 2. The molecule has 92 valence electrons. The van der Waals surface area contributed by atoms with Crippen molar-refractivity contribution in [3.05, 3.63) is 21.3 Å². The van der Waals surface area contributed by atoms with Crippen molar-refractivity contribution >= 4 is 22.9 Å². The van der Waals surface area contributed by atoms with Gasteiger partial charge in [0.05, 0.1) is 4.34 Å². The Bertz CT molecular complexity index is 336. The first kappa shape index (κ1) is 14.0. The van der Waals surface area contributed by atoms with Gasteiger partial charge >= 0.3 is 0 Å². The van der Waals surface area contributed by atoms with E-state index in [1.807, 2.05) is 6.07 Å². The Labute approximate surface area is 108 Å². The lowest BCUT2D eigenvalue weighted by molar-refractivity contribution is 0.241. The summed E-state index contributed by atoms with van der Waals surface area (Å²) in [5.41, 5.74) is 0.512. The molecule has 0 fully saturated rings. The molecular weight excluding hydrogens is 238 g/mol. The average Bonchev–Trinajstić information content (AvgIpc) is 2.44. The summed E-state index contributed by atoms with van der Waals surface area (Å²) in [5, 5.41) is 3.60. The van der Waals surface area contributed by atoms with Crippen LogP contribution in [0.2, 0.25) is 4.34 Å². The summed E-state index contributed by atoms with van der Waals surface area (Å²) in [6.45, 7) is 12.2. The molecule has 0 saturated carbocycles. The third-order valence-corrected chi connectivity index (χ3v) is 3.57. The van der Waals surface area contributed by atoms with Crippen LogP contribution in [-0.4, -0.2) is 5.54 Å². The van der Waals surface area contributed by atoms with Gasteiger partial charge in [0.1, 0.15) is 0 Å². The third kappa shape index (κ3) is 5.33. The maximum Gasteiger partial charge on any atom is 0.0931 e. The molecule has 1 heterocycles. The molecule has 0 saturated heterocycles. The van der Waals surface area contributed by atoms with E-state index in [1.54, 1.807) is 11.3 Å². The van der Waals surface area contributed by atoms with Crippen molar-refractivity contribution in [2.75, 3.05) is 0 Å². The van der Waals surface area contributed by atoms with Gasteiger partial charge in [0.25, 0.3) is 0 Å². The molecule has 3 heteroatoms. The van der Waals surface area contributed by atoms with Crippen LogP contribution in [-0.2, 0) is 6.54 Å². The molecule has 0 aliphatic rings. The van der Waals surface area contributed by atoms with E-state index in [0.29, 0.717) is 5.41 Å². The zero-order chi connectivity index (χ0) is 12.4. The Morgan fingerprint density at radius 3 is 2.25 bits per heavy atom. The summed E-state index contributed by atoms with van der Waals surface area (Å²) < 4.78 is 0.866. The molecule has 16 heavy (non-hydrogen) atoms. The maximum absolute atomic E-state index is 5.91. The smallest absolute Gasteiger partial charge is 0.0931 e. The summed E-state index contributed by atoms with van der Waals surface area (Å²) in [7, 11) is 0. The monoisotopic (exact) mass is 259 g/mol. The van der Waals surface area contributed by atoms with Gasteiger partial charge in [0, 0.05) is 17.0 Å². The molecule has 0 atom stereocenters. The molecule has 1 aromatic heterocycles. The second kappa shape index (κ2) is 5.07. The predicted octanol–water partition coefficient (Wildman–Crippen LogP) is 4.71. The topological polar surface area (TPSA) is 12.0 Å². The quantitative estimate of drug-likeness (QED) is 0.826. The Hall–Kier alpha value is -0.0500. The van der Waals surface area contributed by atoms with Crippen molar-refractivity contribution in [1.29, 1.82) is 0 Å². The van der Waals surface area contributed by atoms with Crippen molar-refractivity contribution in [2.24, 2.45) is 5.41 Å². The maximum atomic E-state index is 5.91. The average molecular weight is 260 g/mol. The molecule has 0 bridgehead atoms. The SMILES string of the molecule is CC(C)(C)CC(C)(C)NCc1ccc(Cl)s1. The molecule has 1 N–H and O–H groups in total. The molecule has 1 aromatic rings. The molecule has 0 amide bonds. The van der Waals surface area contributed by atoms with Crippen LogP contribution in [0, 0.1) is 5.41 Å². The molecule has 0 spiro atoms. The van der Waals surface area contributed by atoms with Crippen molar-refractivity contribution in [1.82, 2.24) is 5.32 Å². The minimum Gasteiger partial charge on any atom is -0.307 e. The first-order valence-corrected chi connectivity index (χ1v) is 6.87. The van der Waals surface area contributed by atoms with Crippen LogP contribution in [0.3, 0.4) is 0 Å². The highest BCUT2D eigenvalue weighted by atomic mass is 35.5. The van der Waals surface area contributed by atoms with Gasteiger partial charge < -0.3 is 5.32 Å². The molecule has 0 radical (unpaired) electrons. The van der Waals surface area contributed by atoms with Crippen molar-refractivity contribution in [3.8, 4) is 0 Å². The molecule has 0 unspecified atom stereocenters. The lowest BCUT2D eigenvalue weighted by Crippen LogP contribution is -2.41. The van der Waals surface area contributed by atoms with Gasteiger partial charge in [-0.1, -0.05) is 32.4 Å². The van der Waals surface area contributed by atoms with Crippen LogP contribution in [0.15, 0.2) is 12.1 Å². The van der Waals surface area contributed by atoms with E-state index in [0.717, 1.165) is 17.3 Å². The van der Waals surface area contributed by atoms with Gasteiger partial charge in [0.2, 0.25) is 0 Å². The highest BCUT2D eigenvalue weighted by molar-refractivity contribution is 7.16. The fraction of sp³-hybridized carbons (Fsp3) is 0.692. The molecule has 1 nitrogen and oxygen atoms in total. The highest BCUT2D eigenvalue weighted by Crippen LogP contribution is 2.28. The van der Waals surface area contributed by atoms with Gasteiger partial charge in [-0.2, -0.15) is 0 Å². The Kier molecular flexibility index (Phi) is 4.44. The summed E-state index contributed by atoms with van der Waals surface area (Å²) >= 11 is 7.56. The van der Waals surface area contributed by atoms with E-state index in [4.69, 9.17) is 11.6 Å². The number of halogens is 1. The van der Waals surface area contributed by atoms with Crippen LogP contribution in [0.5, 0.6) is 0 Å². The van der Waals surface area contributed by atoms with Gasteiger partial charge in [-0.05, 0) is 37.8 Å². The van der Waals surface area contributed by atoms with Crippen LogP contribution < -0.4 is 5.32 Å². The number of nitrogens with one attached hydrogen (secondary N) is 1. The van der Waals surface area contributed by atoms with E-state index in [2.05, 4.69) is 46.0 Å². The standard InChI is InChI=1S/C13H22ClNS/c1-12(2,3)9-13(4,5)15-8-10-6-7-11(14)16-10/h6-7,15H,8-9H2,1-5H3. The van der Waals surface area contributed by atoms with E-state index in [-0.39, 0.29) is 5.54 Å². The molecule has 0 aromatic carbocycles. The zero-order valence-electron chi connectivity index (χ0n) is 10.9. The Balaban J connectivity index is 2.47. The van der Waals surface area contributed by atoms with E-state index >= 15 is 0 Å². The Morgan fingerprint density at radius 2 is 1.81 bits per heavy atom. The fourth-order valence-corrected chi connectivity index (χ4v) is 3.19.